The van der Waals surface area contributed by atoms with E-state index >= 15 is 0 Å². The largest absolute Gasteiger partial charge is 0.497 e. The fraction of sp³-hybridized carbons (Fsp3) is 0.167. The molecule has 27 heavy (non-hydrogen) atoms. The Morgan fingerprint density at radius 1 is 1.07 bits per heavy atom. The molecule has 0 fully saturated rings. The smallest absolute Gasteiger partial charge is 0.347 e. The van der Waals surface area contributed by atoms with Crippen molar-refractivity contribution in [3.63, 3.8) is 0 Å². The molecule has 0 spiro atoms. The molecule has 0 aliphatic carbocycles. The van der Waals surface area contributed by atoms with Gasteiger partial charge in [-0.1, -0.05) is 34.4 Å². The second kappa shape index (κ2) is 10.4. The van der Waals surface area contributed by atoms with E-state index in [1.807, 2.05) is 0 Å². The number of anilines is 1. The molecule has 1 N–H and O–H groups in total. The number of carbonyl (C=O) groups is 2. The van der Waals surface area contributed by atoms with Gasteiger partial charge in [0.1, 0.15) is 5.75 Å². The normalized spacial score (nSPS) is 10.5. The van der Waals surface area contributed by atoms with Gasteiger partial charge in [-0.15, -0.1) is 0 Å². The lowest BCUT2D eigenvalue weighted by molar-refractivity contribution is -0.151. The van der Waals surface area contributed by atoms with E-state index in [1.165, 1.54) is 6.21 Å². The number of oxime groups is 1. The van der Waals surface area contributed by atoms with Crippen LogP contribution in [0.25, 0.3) is 0 Å². The average molecular weight is 411 g/mol. The van der Waals surface area contributed by atoms with Gasteiger partial charge in [-0.3, -0.25) is 4.79 Å². The minimum atomic E-state index is -0.748. The van der Waals surface area contributed by atoms with Crippen molar-refractivity contribution in [3.8, 4) is 5.75 Å². The fourth-order valence-electron chi connectivity index (χ4n) is 1.86. The molecule has 0 radical (unpaired) electrons. The molecule has 2 rings (SSSR count). The maximum atomic E-state index is 11.8. The van der Waals surface area contributed by atoms with Gasteiger partial charge in [0.25, 0.3) is 5.91 Å². The molecular formula is C18H16Cl2N2O5. The van der Waals surface area contributed by atoms with Gasteiger partial charge < -0.3 is 19.6 Å². The summed E-state index contributed by atoms with van der Waals surface area (Å²) in [5.74, 6) is -0.615. The quantitative estimate of drug-likeness (QED) is 0.408. The van der Waals surface area contributed by atoms with Crippen molar-refractivity contribution in [2.75, 3.05) is 25.6 Å². The van der Waals surface area contributed by atoms with Gasteiger partial charge in [0.2, 0.25) is 6.61 Å². The summed E-state index contributed by atoms with van der Waals surface area (Å²) in [6.07, 6.45) is 1.43. The number of ether oxygens (including phenoxy) is 2. The molecule has 0 unspecified atom stereocenters. The topological polar surface area (TPSA) is 86.2 Å². The van der Waals surface area contributed by atoms with Gasteiger partial charge in [-0.2, -0.15) is 0 Å². The highest BCUT2D eigenvalue weighted by molar-refractivity contribution is 6.39. The van der Waals surface area contributed by atoms with Gasteiger partial charge in [0.15, 0.2) is 6.61 Å². The number of halogens is 2. The van der Waals surface area contributed by atoms with Gasteiger partial charge >= 0.3 is 5.97 Å². The Morgan fingerprint density at radius 2 is 1.74 bits per heavy atom. The second-order valence-corrected chi connectivity index (χ2v) is 5.90. The Labute approximate surface area is 165 Å². The van der Waals surface area contributed by atoms with Gasteiger partial charge in [-0.05, 0) is 42.0 Å². The van der Waals surface area contributed by atoms with Crippen molar-refractivity contribution < 1.29 is 23.9 Å². The minimum Gasteiger partial charge on any atom is -0.497 e. The average Bonchev–Trinajstić information content (AvgIpc) is 2.67. The summed E-state index contributed by atoms with van der Waals surface area (Å²) >= 11 is 11.9. The maximum absolute atomic E-state index is 11.8. The third kappa shape index (κ3) is 6.80. The van der Waals surface area contributed by atoms with E-state index in [9.17, 15) is 9.59 Å². The number of para-hydroxylation sites is 1. The molecule has 1 amide bonds. The molecule has 7 nitrogen and oxygen atoms in total. The lowest BCUT2D eigenvalue weighted by Crippen LogP contribution is -2.22. The van der Waals surface area contributed by atoms with Crippen LogP contribution in [-0.4, -0.2) is 38.4 Å². The molecule has 0 heterocycles. The lowest BCUT2D eigenvalue weighted by Gasteiger charge is -2.09. The third-order valence-electron chi connectivity index (χ3n) is 3.17. The molecule has 0 aliphatic heterocycles. The van der Waals surface area contributed by atoms with Crippen LogP contribution in [0.3, 0.4) is 0 Å². The highest BCUT2D eigenvalue weighted by Crippen LogP contribution is 2.29. The van der Waals surface area contributed by atoms with Crippen molar-refractivity contribution >= 4 is 47.0 Å². The number of nitrogens with one attached hydrogen (secondary N) is 1. The SMILES string of the molecule is COc1ccc(/C=N\OCC(=O)OCC(=O)Nc2c(Cl)cccc2Cl)cc1. The van der Waals surface area contributed by atoms with E-state index in [2.05, 4.69) is 10.5 Å². The minimum absolute atomic E-state index is 0.252. The zero-order valence-electron chi connectivity index (χ0n) is 14.3. The first-order chi connectivity index (χ1) is 13.0. The standard InChI is InChI=1S/C18H16Cl2N2O5/c1-25-13-7-5-12(6-8-13)9-21-27-11-17(24)26-10-16(23)22-18-14(19)3-2-4-15(18)20/h2-9H,10-11H2,1H3,(H,22,23)/b21-9-. The van der Waals surface area contributed by atoms with E-state index in [4.69, 9.17) is 37.5 Å². The number of hydrogen-bond donors (Lipinski definition) is 1. The van der Waals surface area contributed by atoms with E-state index in [-0.39, 0.29) is 15.7 Å². The van der Waals surface area contributed by atoms with E-state index in [0.29, 0.717) is 5.75 Å². The Hall–Kier alpha value is -2.77. The maximum Gasteiger partial charge on any atom is 0.347 e. The predicted octanol–water partition coefficient (Wildman–Crippen LogP) is 3.53. The number of methoxy groups -OCH3 is 1. The van der Waals surface area contributed by atoms with Crippen LogP contribution >= 0.6 is 23.2 Å². The second-order valence-electron chi connectivity index (χ2n) is 5.09. The Balaban J connectivity index is 1.71. The monoisotopic (exact) mass is 410 g/mol. The molecule has 0 saturated carbocycles. The number of carbonyl (C=O) groups excluding carboxylic acids is 2. The Morgan fingerprint density at radius 3 is 2.37 bits per heavy atom. The molecule has 2 aromatic rings. The van der Waals surface area contributed by atoms with E-state index in [1.54, 1.807) is 49.6 Å². The van der Waals surface area contributed by atoms with Gasteiger partial charge in [0.05, 0.1) is 29.1 Å². The molecule has 2 aromatic carbocycles. The Bertz CT molecular complexity index is 805. The number of nitrogens with zero attached hydrogens (tertiary/aromatic N) is 1. The van der Waals surface area contributed by atoms with Crippen LogP contribution in [0.15, 0.2) is 47.6 Å². The van der Waals surface area contributed by atoms with E-state index < -0.39 is 25.1 Å². The van der Waals surface area contributed by atoms with Crippen LogP contribution < -0.4 is 10.1 Å². The summed E-state index contributed by atoms with van der Waals surface area (Å²) in [7, 11) is 1.57. The number of rotatable bonds is 8. The van der Waals surface area contributed by atoms with Crippen molar-refractivity contribution in [2.24, 2.45) is 5.16 Å². The summed E-state index contributed by atoms with van der Waals surface area (Å²) in [6.45, 7) is -0.946. The summed E-state index contributed by atoms with van der Waals surface area (Å²) in [4.78, 5) is 28.2. The van der Waals surface area contributed by atoms with Crippen molar-refractivity contribution in [1.82, 2.24) is 0 Å². The van der Waals surface area contributed by atoms with Gasteiger partial charge in [0, 0.05) is 0 Å². The molecule has 9 heteroatoms. The highest BCUT2D eigenvalue weighted by atomic mass is 35.5. The Kier molecular flexibility index (Phi) is 7.91. The molecular weight excluding hydrogens is 395 g/mol. The first kappa shape index (κ1) is 20.5. The van der Waals surface area contributed by atoms with E-state index in [0.717, 1.165) is 5.56 Å². The number of benzene rings is 2. The fourth-order valence-corrected chi connectivity index (χ4v) is 2.35. The molecule has 0 bridgehead atoms. The molecule has 0 aromatic heterocycles. The molecule has 0 saturated heterocycles. The molecule has 0 atom stereocenters. The predicted molar refractivity (Wildman–Crippen MR) is 103 cm³/mol. The summed E-state index contributed by atoms with van der Waals surface area (Å²) in [5.41, 5.74) is 1.02. The van der Waals surface area contributed by atoms with Crippen LogP contribution in [0.2, 0.25) is 10.0 Å². The number of hydrogen-bond acceptors (Lipinski definition) is 6. The van der Waals surface area contributed by atoms with Crippen molar-refractivity contribution in [2.45, 2.75) is 0 Å². The van der Waals surface area contributed by atoms with Gasteiger partial charge in [-0.25, -0.2) is 4.79 Å². The zero-order chi connectivity index (χ0) is 19.6. The van der Waals surface area contributed by atoms with Crippen LogP contribution in [0.1, 0.15) is 5.56 Å². The summed E-state index contributed by atoms with van der Waals surface area (Å²) < 4.78 is 9.82. The van der Waals surface area contributed by atoms with Crippen LogP contribution in [0.5, 0.6) is 5.75 Å². The first-order valence-electron chi connectivity index (χ1n) is 7.68. The first-order valence-corrected chi connectivity index (χ1v) is 8.44. The zero-order valence-corrected chi connectivity index (χ0v) is 15.8. The number of amides is 1. The number of esters is 1. The molecule has 142 valence electrons. The van der Waals surface area contributed by atoms with Crippen molar-refractivity contribution in [3.05, 3.63) is 58.1 Å². The third-order valence-corrected chi connectivity index (χ3v) is 3.80. The molecule has 0 aliphatic rings. The summed E-state index contributed by atoms with van der Waals surface area (Å²) in [6, 6.07) is 11.9. The lowest BCUT2D eigenvalue weighted by atomic mass is 10.2. The van der Waals surface area contributed by atoms with Crippen LogP contribution in [-0.2, 0) is 19.2 Å². The summed E-state index contributed by atoms with van der Waals surface area (Å²) in [5, 5.41) is 6.68. The van der Waals surface area contributed by atoms with Crippen molar-refractivity contribution in [1.29, 1.82) is 0 Å². The highest BCUT2D eigenvalue weighted by Gasteiger charge is 2.12. The van der Waals surface area contributed by atoms with Crippen LogP contribution in [0, 0.1) is 0 Å². The van der Waals surface area contributed by atoms with Crippen LogP contribution in [0.4, 0.5) is 5.69 Å².